The van der Waals surface area contributed by atoms with Crippen LogP contribution in [0, 0.1) is 5.82 Å². The van der Waals surface area contributed by atoms with Crippen molar-refractivity contribution in [3.05, 3.63) is 23.0 Å². The van der Waals surface area contributed by atoms with Crippen molar-refractivity contribution in [1.29, 1.82) is 0 Å². The number of hydrogen-bond acceptors (Lipinski definition) is 3. The summed E-state index contributed by atoms with van der Waals surface area (Å²) in [6, 6.07) is 2.55. The minimum Gasteiger partial charge on any atom is -0.492 e. The van der Waals surface area contributed by atoms with Crippen LogP contribution in [-0.4, -0.2) is 18.3 Å². The summed E-state index contributed by atoms with van der Waals surface area (Å²) in [6.07, 6.45) is 3.58. The number of benzene rings is 1. The van der Waals surface area contributed by atoms with Crippen LogP contribution in [0.15, 0.2) is 12.1 Å². The first-order chi connectivity index (χ1) is 8.15. The number of aliphatic hydroxyl groups is 1. The number of rotatable bonds is 7. The van der Waals surface area contributed by atoms with E-state index >= 15 is 0 Å². The molecule has 0 aliphatic heterocycles. The van der Waals surface area contributed by atoms with Crippen LogP contribution in [0.5, 0.6) is 5.75 Å². The number of ether oxygens (including phenoxy) is 1. The van der Waals surface area contributed by atoms with Gasteiger partial charge in [-0.3, -0.25) is 0 Å². The molecule has 0 atom stereocenters. The van der Waals surface area contributed by atoms with E-state index in [1.807, 2.05) is 0 Å². The zero-order valence-electron chi connectivity index (χ0n) is 9.59. The van der Waals surface area contributed by atoms with E-state index in [1.54, 1.807) is 0 Å². The van der Waals surface area contributed by atoms with Crippen LogP contribution in [0.2, 0.25) is 5.02 Å². The molecule has 0 saturated carbocycles. The highest BCUT2D eigenvalue weighted by atomic mass is 35.5. The predicted molar refractivity (Wildman–Crippen MR) is 66.9 cm³/mol. The number of halogens is 2. The lowest BCUT2D eigenvalue weighted by Gasteiger charge is -2.09. The van der Waals surface area contributed by atoms with Crippen LogP contribution in [-0.2, 0) is 0 Å². The second-order valence-corrected chi connectivity index (χ2v) is 4.20. The Morgan fingerprint density at radius 3 is 2.65 bits per heavy atom. The summed E-state index contributed by atoms with van der Waals surface area (Å²) < 4.78 is 18.5. The van der Waals surface area contributed by atoms with Gasteiger partial charge in [0, 0.05) is 12.7 Å². The first-order valence-electron chi connectivity index (χ1n) is 5.63. The molecule has 1 aromatic rings. The summed E-state index contributed by atoms with van der Waals surface area (Å²) in [7, 11) is 0. The average Bonchev–Trinajstić information content (AvgIpc) is 2.30. The molecule has 0 unspecified atom stereocenters. The molecule has 0 aliphatic carbocycles. The Bertz CT molecular complexity index is 361. The van der Waals surface area contributed by atoms with Gasteiger partial charge in [-0.2, -0.15) is 0 Å². The van der Waals surface area contributed by atoms with Gasteiger partial charge < -0.3 is 15.6 Å². The molecule has 0 spiro atoms. The molecule has 0 bridgehead atoms. The van der Waals surface area contributed by atoms with Crippen LogP contribution in [0.1, 0.15) is 25.7 Å². The molecular weight excluding hydrogens is 245 g/mol. The lowest BCUT2D eigenvalue weighted by Crippen LogP contribution is -2.00. The van der Waals surface area contributed by atoms with Gasteiger partial charge in [0.05, 0.1) is 17.3 Å². The average molecular weight is 262 g/mol. The molecule has 1 rings (SSSR count). The lowest BCUT2D eigenvalue weighted by atomic mass is 10.2. The number of nitrogens with two attached hydrogens (primary N) is 1. The van der Waals surface area contributed by atoms with E-state index in [0.29, 0.717) is 17.4 Å². The number of aliphatic hydroxyl groups excluding tert-OH is 1. The molecule has 96 valence electrons. The van der Waals surface area contributed by atoms with Crippen molar-refractivity contribution in [3.8, 4) is 5.75 Å². The van der Waals surface area contributed by atoms with Crippen LogP contribution in [0.4, 0.5) is 10.1 Å². The Morgan fingerprint density at radius 2 is 1.94 bits per heavy atom. The Morgan fingerprint density at radius 1 is 1.24 bits per heavy atom. The zero-order chi connectivity index (χ0) is 12.7. The molecule has 0 radical (unpaired) electrons. The van der Waals surface area contributed by atoms with Crippen LogP contribution in [0.3, 0.4) is 0 Å². The third-order valence-electron chi connectivity index (χ3n) is 2.36. The summed E-state index contributed by atoms with van der Waals surface area (Å²) in [5, 5.41) is 8.91. The number of hydrogen-bond donors (Lipinski definition) is 2. The summed E-state index contributed by atoms with van der Waals surface area (Å²) in [5.74, 6) is -0.204. The molecule has 0 aromatic heterocycles. The molecule has 5 heteroatoms. The predicted octanol–water partition coefficient (Wildman–Crippen LogP) is 2.99. The third-order valence-corrected chi connectivity index (χ3v) is 2.66. The van der Waals surface area contributed by atoms with Gasteiger partial charge in [0.2, 0.25) is 0 Å². The van der Waals surface area contributed by atoms with Gasteiger partial charge in [0.15, 0.2) is 0 Å². The fraction of sp³-hybridized carbons (Fsp3) is 0.500. The lowest BCUT2D eigenvalue weighted by molar-refractivity contribution is 0.273. The normalized spacial score (nSPS) is 10.5. The summed E-state index contributed by atoms with van der Waals surface area (Å²) >= 11 is 5.86. The monoisotopic (exact) mass is 261 g/mol. The van der Waals surface area contributed by atoms with Gasteiger partial charge in [0.25, 0.3) is 0 Å². The van der Waals surface area contributed by atoms with Crippen LogP contribution < -0.4 is 10.5 Å². The molecule has 1 aromatic carbocycles. The maximum absolute atomic E-state index is 13.1. The van der Waals surface area contributed by atoms with Crippen molar-refractivity contribution >= 4 is 17.3 Å². The molecule has 0 aliphatic rings. The maximum Gasteiger partial charge on any atom is 0.149 e. The first-order valence-corrected chi connectivity index (χ1v) is 6.01. The van der Waals surface area contributed by atoms with E-state index in [0.717, 1.165) is 25.7 Å². The zero-order valence-corrected chi connectivity index (χ0v) is 10.3. The van der Waals surface area contributed by atoms with E-state index in [2.05, 4.69) is 0 Å². The van der Waals surface area contributed by atoms with Crippen molar-refractivity contribution < 1.29 is 14.2 Å². The van der Waals surface area contributed by atoms with Gasteiger partial charge in [-0.15, -0.1) is 0 Å². The number of anilines is 1. The standard InChI is InChI=1S/C12H17ClFNO2/c13-9-7-11(15)10(14)8-12(9)17-6-4-2-1-3-5-16/h7-8,16H,1-6,15H2. The Balaban J connectivity index is 2.34. The van der Waals surface area contributed by atoms with E-state index in [1.165, 1.54) is 12.1 Å². The Labute approximate surface area is 105 Å². The van der Waals surface area contributed by atoms with Gasteiger partial charge in [-0.05, 0) is 25.3 Å². The largest absolute Gasteiger partial charge is 0.492 e. The summed E-state index contributed by atoms with van der Waals surface area (Å²) in [4.78, 5) is 0. The minimum absolute atomic E-state index is 0.0188. The van der Waals surface area contributed by atoms with Crippen molar-refractivity contribution in [2.75, 3.05) is 18.9 Å². The quantitative estimate of drug-likeness (QED) is 0.586. The summed E-state index contributed by atoms with van der Waals surface area (Å²) in [5.41, 5.74) is 5.38. The molecule has 0 fully saturated rings. The van der Waals surface area contributed by atoms with E-state index in [-0.39, 0.29) is 12.3 Å². The Kier molecular flexibility index (Phi) is 6.08. The van der Waals surface area contributed by atoms with Gasteiger partial charge >= 0.3 is 0 Å². The second kappa shape index (κ2) is 7.35. The molecule has 0 heterocycles. The third kappa shape index (κ3) is 4.79. The molecule has 0 amide bonds. The van der Waals surface area contributed by atoms with Crippen LogP contribution >= 0.6 is 11.6 Å². The smallest absolute Gasteiger partial charge is 0.149 e. The molecule has 17 heavy (non-hydrogen) atoms. The van der Waals surface area contributed by atoms with E-state index in [4.69, 9.17) is 27.2 Å². The fourth-order valence-electron chi connectivity index (χ4n) is 1.40. The van der Waals surface area contributed by atoms with Gasteiger partial charge in [-0.25, -0.2) is 4.39 Å². The van der Waals surface area contributed by atoms with E-state index in [9.17, 15) is 4.39 Å². The van der Waals surface area contributed by atoms with E-state index < -0.39 is 5.82 Å². The van der Waals surface area contributed by atoms with Gasteiger partial charge in [0.1, 0.15) is 11.6 Å². The van der Waals surface area contributed by atoms with Crippen molar-refractivity contribution in [2.45, 2.75) is 25.7 Å². The summed E-state index contributed by atoms with van der Waals surface area (Å²) in [6.45, 7) is 0.699. The SMILES string of the molecule is Nc1cc(Cl)c(OCCCCCCO)cc1F. The molecule has 3 N–H and O–H groups in total. The second-order valence-electron chi connectivity index (χ2n) is 3.79. The molecule has 0 saturated heterocycles. The molecular formula is C12H17ClFNO2. The van der Waals surface area contributed by atoms with Gasteiger partial charge in [-0.1, -0.05) is 18.0 Å². The highest BCUT2D eigenvalue weighted by Crippen LogP contribution is 2.29. The van der Waals surface area contributed by atoms with Crippen molar-refractivity contribution in [3.63, 3.8) is 0 Å². The maximum atomic E-state index is 13.1. The fourth-order valence-corrected chi connectivity index (χ4v) is 1.63. The highest BCUT2D eigenvalue weighted by Gasteiger charge is 2.07. The van der Waals surface area contributed by atoms with Crippen molar-refractivity contribution in [1.82, 2.24) is 0 Å². The van der Waals surface area contributed by atoms with Crippen LogP contribution in [0.25, 0.3) is 0 Å². The first kappa shape index (κ1) is 14.1. The molecule has 3 nitrogen and oxygen atoms in total. The highest BCUT2D eigenvalue weighted by molar-refractivity contribution is 6.32. The van der Waals surface area contributed by atoms with Crippen molar-refractivity contribution in [2.24, 2.45) is 0 Å². The minimum atomic E-state index is -0.523. The topological polar surface area (TPSA) is 55.5 Å². The number of nitrogen functional groups attached to an aromatic ring is 1. The Hall–Kier alpha value is -1.00. The number of unbranched alkanes of at least 4 members (excludes halogenated alkanes) is 3.